The third-order valence-corrected chi connectivity index (χ3v) is 2.00. The summed E-state index contributed by atoms with van der Waals surface area (Å²) in [5, 5.41) is 12.4. The number of aliphatic hydroxyl groups excluding tert-OH is 1. The molecule has 0 amide bonds. The molecule has 0 aromatic heterocycles. The quantitative estimate of drug-likeness (QED) is 0.639. The summed E-state index contributed by atoms with van der Waals surface area (Å²) in [5.41, 5.74) is -0.0133. The monoisotopic (exact) mass is 188 g/mol. The second-order valence-corrected chi connectivity index (χ2v) is 4.87. The van der Waals surface area contributed by atoms with E-state index in [1.165, 1.54) is 0 Å². The van der Waals surface area contributed by atoms with Crippen LogP contribution in [0, 0.1) is 5.41 Å². The van der Waals surface area contributed by atoms with Crippen molar-refractivity contribution in [3.63, 3.8) is 0 Å². The zero-order valence-corrected chi connectivity index (χ0v) is 9.59. The lowest BCUT2D eigenvalue weighted by Gasteiger charge is -2.26. The molecule has 0 aliphatic carbocycles. The van der Waals surface area contributed by atoms with Crippen LogP contribution in [0.4, 0.5) is 0 Å². The molecule has 0 aromatic carbocycles. The first-order chi connectivity index (χ1) is 5.87. The van der Waals surface area contributed by atoms with E-state index >= 15 is 0 Å². The highest BCUT2D eigenvalue weighted by Gasteiger charge is 2.16. The summed E-state index contributed by atoms with van der Waals surface area (Å²) in [5.74, 6) is 0. The first-order valence-electron chi connectivity index (χ1n) is 4.86. The summed E-state index contributed by atoms with van der Waals surface area (Å²) in [6.45, 7) is 8.40. The molecule has 2 N–H and O–H groups in total. The van der Waals surface area contributed by atoms with E-state index in [-0.39, 0.29) is 12.0 Å². The fourth-order valence-corrected chi connectivity index (χ4v) is 1.12. The molecule has 3 heteroatoms. The maximum absolute atomic E-state index is 9.04. The number of nitrogens with zero attached hydrogens (tertiary/aromatic N) is 1. The fourth-order valence-electron chi connectivity index (χ4n) is 1.12. The van der Waals surface area contributed by atoms with Crippen molar-refractivity contribution in [1.82, 2.24) is 10.2 Å². The summed E-state index contributed by atoms with van der Waals surface area (Å²) in [6.07, 6.45) is 0. The largest absolute Gasteiger partial charge is 0.396 e. The summed E-state index contributed by atoms with van der Waals surface area (Å²) in [4.78, 5) is 2.16. The molecule has 80 valence electrons. The van der Waals surface area contributed by atoms with Gasteiger partial charge in [0.05, 0.1) is 0 Å². The molecular formula is C10H24N2O. The summed E-state index contributed by atoms with van der Waals surface area (Å²) < 4.78 is 0. The number of aliphatic hydroxyl groups is 1. The van der Waals surface area contributed by atoms with Gasteiger partial charge in [0.15, 0.2) is 0 Å². The summed E-state index contributed by atoms with van der Waals surface area (Å²) in [7, 11) is 4.13. The molecular weight excluding hydrogens is 164 g/mol. The first-order valence-corrected chi connectivity index (χ1v) is 4.86. The van der Waals surface area contributed by atoms with Crippen molar-refractivity contribution in [3.05, 3.63) is 0 Å². The highest BCUT2D eigenvalue weighted by Crippen LogP contribution is 2.11. The van der Waals surface area contributed by atoms with E-state index in [9.17, 15) is 0 Å². The second kappa shape index (κ2) is 5.58. The van der Waals surface area contributed by atoms with Gasteiger partial charge in [0.1, 0.15) is 0 Å². The third kappa shape index (κ3) is 6.99. The average molecular weight is 188 g/mol. The van der Waals surface area contributed by atoms with E-state index in [0.717, 1.165) is 13.1 Å². The van der Waals surface area contributed by atoms with Gasteiger partial charge < -0.3 is 15.3 Å². The minimum Gasteiger partial charge on any atom is -0.396 e. The highest BCUT2D eigenvalue weighted by atomic mass is 16.3. The molecule has 1 unspecified atom stereocenters. The van der Waals surface area contributed by atoms with Gasteiger partial charge in [-0.1, -0.05) is 13.8 Å². The Bertz CT molecular complexity index is 135. The van der Waals surface area contributed by atoms with Gasteiger partial charge in [0.25, 0.3) is 0 Å². The van der Waals surface area contributed by atoms with Crippen LogP contribution >= 0.6 is 0 Å². The molecule has 0 rings (SSSR count). The highest BCUT2D eigenvalue weighted by molar-refractivity contribution is 4.73. The number of hydrogen-bond donors (Lipinski definition) is 2. The molecule has 1 atom stereocenters. The number of likely N-dealkylation sites (N-methyl/N-ethyl adjacent to an activating group) is 1. The van der Waals surface area contributed by atoms with E-state index in [2.05, 4.69) is 45.1 Å². The molecule has 0 heterocycles. The van der Waals surface area contributed by atoms with E-state index in [1.807, 2.05) is 0 Å². The van der Waals surface area contributed by atoms with Gasteiger partial charge >= 0.3 is 0 Å². The molecule has 0 aliphatic rings. The van der Waals surface area contributed by atoms with Gasteiger partial charge in [-0.05, 0) is 21.0 Å². The molecule has 0 saturated heterocycles. The van der Waals surface area contributed by atoms with E-state index in [4.69, 9.17) is 5.11 Å². The second-order valence-electron chi connectivity index (χ2n) is 4.87. The minimum absolute atomic E-state index is 0.0133. The molecule has 0 aliphatic heterocycles. The normalized spacial score (nSPS) is 15.0. The van der Waals surface area contributed by atoms with Crippen molar-refractivity contribution in [2.75, 3.05) is 33.8 Å². The molecule has 0 fully saturated rings. The van der Waals surface area contributed by atoms with Crippen LogP contribution in [-0.4, -0.2) is 49.8 Å². The third-order valence-electron chi connectivity index (χ3n) is 2.00. The van der Waals surface area contributed by atoms with Crippen LogP contribution < -0.4 is 5.32 Å². The maximum atomic E-state index is 9.04. The van der Waals surface area contributed by atoms with Crippen molar-refractivity contribution >= 4 is 0 Å². The SMILES string of the molecule is CC(CN(C)C)NCC(C)(C)CO. The molecule has 0 saturated carbocycles. The van der Waals surface area contributed by atoms with E-state index in [0.29, 0.717) is 6.04 Å². The van der Waals surface area contributed by atoms with Gasteiger partial charge in [-0.3, -0.25) is 0 Å². The predicted molar refractivity (Wildman–Crippen MR) is 56.9 cm³/mol. The molecule has 0 radical (unpaired) electrons. The molecule has 0 bridgehead atoms. The lowest BCUT2D eigenvalue weighted by Crippen LogP contribution is -2.41. The van der Waals surface area contributed by atoms with Crippen LogP contribution in [0.3, 0.4) is 0 Å². The predicted octanol–water partition coefficient (Wildman–Crippen LogP) is 0.545. The van der Waals surface area contributed by atoms with Crippen molar-refractivity contribution < 1.29 is 5.11 Å². The van der Waals surface area contributed by atoms with Gasteiger partial charge in [-0.2, -0.15) is 0 Å². The lowest BCUT2D eigenvalue weighted by molar-refractivity contribution is 0.151. The van der Waals surface area contributed by atoms with Crippen molar-refractivity contribution in [2.45, 2.75) is 26.8 Å². The van der Waals surface area contributed by atoms with Crippen LogP contribution in [0.1, 0.15) is 20.8 Å². The van der Waals surface area contributed by atoms with Crippen molar-refractivity contribution in [2.24, 2.45) is 5.41 Å². The Morgan fingerprint density at radius 2 is 1.92 bits per heavy atom. The summed E-state index contributed by atoms with van der Waals surface area (Å²) in [6, 6.07) is 0.473. The maximum Gasteiger partial charge on any atom is 0.0494 e. The average Bonchev–Trinajstić information content (AvgIpc) is 2.00. The Morgan fingerprint density at radius 1 is 1.38 bits per heavy atom. The Kier molecular flexibility index (Phi) is 5.53. The minimum atomic E-state index is -0.0133. The number of hydrogen-bond acceptors (Lipinski definition) is 3. The first kappa shape index (κ1) is 12.9. The Balaban J connectivity index is 3.63. The van der Waals surface area contributed by atoms with E-state index in [1.54, 1.807) is 0 Å². The summed E-state index contributed by atoms with van der Waals surface area (Å²) >= 11 is 0. The molecule has 0 aromatic rings. The molecule has 0 spiro atoms. The van der Waals surface area contributed by atoms with Crippen molar-refractivity contribution in [3.8, 4) is 0 Å². The molecule has 3 nitrogen and oxygen atoms in total. The Labute approximate surface area is 82.1 Å². The zero-order valence-electron chi connectivity index (χ0n) is 9.59. The van der Waals surface area contributed by atoms with Crippen molar-refractivity contribution in [1.29, 1.82) is 0 Å². The van der Waals surface area contributed by atoms with Crippen LogP contribution in [0.5, 0.6) is 0 Å². The Hall–Kier alpha value is -0.120. The van der Waals surface area contributed by atoms with E-state index < -0.39 is 0 Å². The smallest absolute Gasteiger partial charge is 0.0494 e. The van der Waals surface area contributed by atoms with Gasteiger partial charge in [-0.25, -0.2) is 0 Å². The Morgan fingerprint density at radius 3 is 2.31 bits per heavy atom. The lowest BCUT2D eigenvalue weighted by atomic mass is 9.95. The molecule has 13 heavy (non-hydrogen) atoms. The zero-order chi connectivity index (χ0) is 10.5. The van der Waals surface area contributed by atoms with Gasteiger partial charge in [0.2, 0.25) is 0 Å². The topological polar surface area (TPSA) is 35.5 Å². The van der Waals surface area contributed by atoms with Crippen LogP contribution in [0.2, 0.25) is 0 Å². The number of nitrogens with one attached hydrogen (secondary N) is 1. The fraction of sp³-hybridized carbons (Fsp3) is 1.00. The van der Waals surface area contributed by atoms with Crippen LogP contribution in [0.15, 0.2) is 0 Å². The van der Waals surface area contributed by atoms with Gasteiger partial charge in [0, 0.05) is 31.2 Å². The van der Waals surface area contributed by atoms with Crippen LogP contribution in [0.25, 0.3) is 0 Å². The number of rotatable bonds is 6. The van der Waals surface area contributed by atoms with Gasteiger partial charge in [-0.15, -0.1) is 0 Å². The standard InChI is InChI=1S/C10H24N2O/c1-9(6-12(4)5)11-7-10(2,3)8-13/h9,11,13H,6-8H2,1-5H3. The van der Waals surface area contributed by atoms with Crippen LogP contribution in [-0.2, 0) is 0 Å².